The van der Waals surface area contributed by atoms with Crippen molar-refractivity contribution in [2.45, 2.75) is 33.1 Å². The van der Waals surface area contributed by atoms with Crippen LogP contribution < -0.4 is 15.8 Å². The molecule has 1 aromatic heterocycles. The normalized spacial score (nSPS) is 10.2. The largest absolute Gasteiger partial charge is 0.476 e. The van der Waals surface area contributed by atoms with Crippen molar-refractivity contribution in [3.8, 4) is 5.88 Å². The first-order valence-electron chi connectivity index (χ1n) is 5.69. The van der Waals surface area contributed by atoms with E-state index < -0.39 is 0 Å². The standard InChI is InChI=1S/C11H20N4O/c1-4-6-7-16-11-9(12)10(13-3)14-8(5-2)15-11/h4-7,12H2,1-3H3,(H,13,14,15). The number of anilines is 2. The van der Waals surface area contributed by atoms with E-state index in [4.69, 9.17) is 10.5 Å². The van der Waals surface area contributed by atoms with Crippen molar-refractivity contribution in [3.05, 3.63) is 5.82 Å². The number of nitrogens with two attached hydrogens (primary N) is 1. The lowest BCUT2D eigenvalue weighted by atomic mass is 10.3. The second-order valence-electron chi connectivity index (χ2n) is 3.51. The van der Waals surface area contributed by atoms with Crippen molar-refractivity contribution < 1.29 is 4.74 Å². The van der Waals surface area contributed by atoms with Crippen LogP contribution in [0.25, 0.3) is 0 Å². The second-order valence-corrected chi connectivity index (χ2v) is 3.51. The number of nitrogen functional groups attached to an aromatic ring is 1. The predicted octanol–water partition coefficient (Wildman–Crippen LogP) is 1.84. The van der Waals surface area contributed by atoms with Gasteiger partial charge in [-0.15, -0.1) is 0 Å². The fraction of sp³-hybridized carbons (Fsp3) is 0.636. The maximum absolute atomic E-state index is 5.89. The van der Waals surface area contributed by atoms with Gasteiger partial charge in [0.2, 0.25) is 5.88 Å². The molecule has 0 bridgehead atoms. The van der Waals surface area contributed by atoms with Crippen molar-refractivity contribution >= 4 is 11.5 Å². The molecule has 0 amide bonds. The van der Waals surface area contributed by atoms with Gasteiger partial charge in [-0.05, 0) is 6.42 Å². The SMILES string of the molecule is CCCCOc1nc(CC)nc(NC)c1N. The summed E-state index contributed by atoms with van der Waals surface area (Å²) in [5, 5.41) is 2.94. The predicted molar refractivity (Wildman–Crippen MR) is 65.8 cm³/mol. The lowest BCUT2D eigenvalue weighted by molar-refractivity contribution is 0.298. The van der Waals surface area contributed by atoms with E-state index in [0.29, 0.717) is 24.0 Å². The van der Waals surface area contributed by atoms with Gasteiger partial charge >= 0.3 is 0 Å². The summed E-state index contributed by atoms with van der Waals surface area (Å²) < 4.78 is 5.55. The van der Waals surface area contributed by atoms with Gasteiger partial charge in [0.05, 0.1) is 6.61 Å². The first-order chi connectivity index (χ1) is 7.72. The van der Waals surface area contributed by atoms with Crippen LogP contribution >= 0.6 is 0 Å². The van der Waals surface area contributed by atoms with Crippen LogP contribution in [-0.4, -0.2) is 23.6 Å². The molecule has 0 aliphatic rings. The molecule has 0 fully saturated rings. The van der Waals surface area contributed by atoms with E-state index in [1.807, 2.05) is 6.92 Å². The number of rotatable bonds is 6. The average molecular weight is 224 g/mol. The summed E-state index contributed by atoms with van der Waals surface area (Å²) in [6.07, 6.45) is 2.85. The van der Waals surface area contributed by atoms with E-state index in [9.17, 15) is 0 Å². The molecule has 0 saturated carbocycles. The molecule has 1 aromatic rings. The molecule has 0 radical (unpaired) electrons. The lowest BCUT2D eigenvalue weighted by Crippen LogP contribution is -2.09. The summed E-state index contributed by atoms with van der Waals surface area (Å²) in [6, 6.07) is 0. The highest BCUT2D eigenvalue weighted by Crippen LogP contribution is 2.25. The molecule has 0 saturated heterocycles. The number of aromatic nitrogens is 2. The highest BCUT2D eigenvalue weighted by atomic mass is 16.5. The second kappa shape index (κ2) is 6.15. The van der Waals surface area contributed by atoms with Crippen LogP contribution in [0.4, 0.5) is 11.5 Å². The fourth-order valence-electron chi connectivity index (χ4n) is 1.26. The third kappa shape index (κ3) is 2.98. The number of ether oxygens (including phenoxy) is 1. The summed E-state index contributed by atoms with van der Waals surface area (Å²) in [6.45, 7) is 4.76. The summed E-state index contributed by atoms with van der Waals surface area (Å²) in [5.74, 6) is 1.87. The zero-order valence-corrected chi connectivity index (χ0v) is 10.2. The Bertz CT molecular complexity index is 341. The maximum atomic E-state index is 5.89. The molecular formula is C11H20N4O. The van der Waals surface area contributed by atoms with Crippen molar-refractivity contribution in [1.29, 1.82) is 0 Å². The zero-order valence-electron chi connectivity index (χ0n) is 10.2. The molecule has 3 N–H and O–H groups in total. The Labute approximate surface area is 96.4 Å². The molecule has 90 valence electrons. The minimum atomic E-state index is 0.482. The molecule has 0 spiro atoms. The van der Waals surface area contributed by atoms with E-state index in [1.54, 1.807) is 7.05 Å². The minimum absolute atomic E-state index is 0.482. The first kappa shape index (κ1) is 12.5. The van der Waals surface area contributed by atoms with Crippen molar-refractivity contribution in [2.75, 3.05) is 24.7 Å². The van der Waals surface area contributed by atoms with Gasteiger partial charge in [0, 0.05) is 13.5 Å². The molecule has 16 heavy (non-hydrogen) atoms. The first-order valence-corrected chi connectivity index (χ1v) is 5.69. The highest BCUT2D eigenvalue weighted by molar-refractivity contribution is 5.66. The van der Waals surface area contributed by atoms with Crippen LogP contribution in [0.5, 0.6) is 5.88 Å². The van der Waals surface area contributed by atoms with Gasteiger partial charge in [0.1, 0.15) is 11.5 Å². The van der Waals surface area contributed by atoms with E-state index in [0.717, 1.165) is 25.1 Å². The Morgan fingerprint density at radius 2 is 2.06 bits per heavy atom. The number of nitrogens with zero attached hydrogens (tertiary/aromatic N) is 2. The quantitative estimate of drug-likeness (QED) is 0.721. The highest BCUT2D eigenvalue weighted by Gasteiger charge is 2.10. The summed E-state index contributed by atoms with van der Waals surface area (Å²) in [5.41, 5.74) is 6.37. The number of hydrogen-bond acceptors (Lipinski definition) is 5. The number of aryl methyl sites for hydroxylation is 1. The average Bonchev–Trinajstić information content (AvgIpc) is 2.31. The number of unbranched alkanes of at least 4 members (excludes halogenated alkanes) is 1. The van der Waals surface area contributed by atoms with E-state index >= 15 is 0 Å². The van der Waals surface area contributed by atoms with Crippen molar-refractivity contribution in [2.24, 2.45) is 0 Å². The van der Waals surface area contributed by atoms with Crippen LogP contribution in [-0.2, 0) is 6.42 Å². The number of hydrogen-bond donors (Lipinski definition) is 2. The van der Waals surface area contributed by atoms with Crippen LogP contribution in [0.15, 0.2) is 0 Å². The Kier molecular flexibility index (Phi) is 4.82. The van der Waals surface area contributed by atoms with Crippen LogP contribution in [0.2, 0.25) is 0 Å². The van der Waals surface area contributed by atoms with Gasteiger partial charge in [0.15, 0.2) is 5.82 Å². The fourth-order valence-corrected chi connectivity index (χ4v) is 1.26. The van der Waals surface area contributed by atoms with Gasteiger partial charge in [-0.2, -0.15) is 4.98 Å². The minimum Gasteiger partial charge on any atom is -0.476 e. The summed E-state index contributed by atoms with van der Waals surface area (Å²) >= 11 is 0. The molecular weight excluding hydrogens is 204 g/mol. The van der Waals surface area contributed by atoms with E-state index in [2.05, 4.69) is 22.2 Å². The van der Waals surface area contributed by atoms with Gasteiger partial charge in [-0.1, -0.05) is 20.3 Å². The topological polar surface area (TPSA) is 73.1 Å². The zero-order chi connectivity index (χ0) is 12.0. The van der Waals surface area contributed by atoms with Gasteiger partial charge in [-0.3, -0.25) is 0 Å². The smallest absolute Gasteiger partial charge is 0.242 e. The van der Waals surface area contributed by atoms with Gasteiger partial charge in [-0.25, -0.2) is 4.98 Å². The Morgan fingerprint density at radius 3 is 2.62 bits per heavy atom. The lowest BCUT2D eigenvalue weighted by Gasteiger charge is -2.11. The Balaban J connectivity index is 2.88. The molecule has 0 aliphatic carbocycles. The van der Waals surface area contributed by atoms with Crippen molar-refractivity contribution in [3.63, 3.8) is 0 Å². The molecule has 0 aromatic carbocycles. The van der Waals surface area contributed by atoms with Crippen LogP contribution in [0.1, 0.15) is 32.5 Å². The third-order valence-corrected chi connectivity index (χ3v) is 2.25. The number of nitrogens with one attached hydrogen (secondary N) is 1. The van der Waals surface area contributed by atoms with Crippen LogP contribution in [0, 0.1) is 0 Å². The Morgan fingerprint density at radius 1 is 1.31 bits per heavy atom. The molecule has 1 rings (SSSR count). The maximum Gasteiger partial charge on any atom is 0.242 e. The molecule has 1 heterocycles. The van der Waals surface area contributed by atoms with Gasteiger partial charge < -0.3 is 15.8 Å². The van der Waals surface area contributed by atoms with Crippen molar-refractivity contribution in [1.82, 2.24) is 9.97 Å². The molecule has 0 aliphatic heterocycles. The van der Waals surface area contributed by atoms with E-state index in [-0.39, 0.29) is 0 Å². The van der Waals surface area contributed by atoms with Gasteiger partial charge in [0.25, 0.3) is 0 Å². The molecule has 0 unspecified atom stereocenters. The summed E-state index contributed by atoms with van der Waals surface area (Å²) in [7, 11) is 1.79. The summed E-state index contributed by atoms with van der Waals surface area (Å²) in [4.78, 5) is 8.54. The molecule has 5 heteroatoms. The third-order valence-electron chi connectivity index (χ3n) is 2.25. The van der Waals surface area contributed by atoms with E-state index in [1.165, 1.54) is 0 Å². The monoisotopic (exact) mass is 224 g/mol. The Hall–Kier alpha value is -1.52. The van der Waals surface area contributed by atoms with Crippen LogP contribution in [0.3, 0.4) is 0 Å². The molecule has 5 nitrogen and oxygen atoms in total. The molecule has 0 atom stereocenters.